The topological polar surface area (TPSA) is 42.7 Å². The summed E-state index contributed by atoms with van der Waals surface area (Å²) in [6.07, 6.45) is 5.80. The first-order chi connectivity index (χ1) is 9.27. The predicted molar refractivity (Wildman–Crippen MR) is 77.0 cm³/mol. The van der Waals surface area contributed by atoms with E-state index < -0.39 is 0 Å². The molecule has 0 aliphatic heterocycles. The molecule has 0 saturated carbocycles. The van der Waals surface area contributed by atoms with Gasteiger partial charge in [-0.1, -0.05) is 19.9 Å². The lowest BCUT2D eigenvalue weighted by atomic mass is 10.0. The highest BCUT2D eigenvalue weighted by Crippen LogP contribution is 2.23. The molecule has 102 valence electrons. The Balaban J connectivity index is 2.40. The van der Waals surface area contributed by atoms with E-state index >= 15 is 0 Å². The fourth-order valence-electron chi connectivity index (χ4n) is 2.31. The van der Waals surface area contributed by atoms with Crippen LogP contribution in [0.1, 0.15) is 43.3 Å². The van der Waals surface area contributed by atoms with Crippen LogP contribution in [0.2, 0.25) is 0 Å². The van der Waals surface area contributed by atoms with E-state index in [1.165, 1.54) is 5.56 Å². The molecule has 4 nitrogen and oxygen atoms in total. The second kappa shape index (κ2) is 6.48. The summed E-state index contributed by atoms with van der Waals surface area (Å²) >= 11 is 0. The zero-order valence-electron chi connectivity index (χ0n) is 11.9. The molecule has 0 aliphatic rings. The zero-order valence-corrected chi connectivity index (χ0v) is 11.9. The van der Waals surface area contributed by atoms with Crippen LogP contribution in [0.15, 0.2) is 30.6 Å². The van der Waals surface area contributed by atoms with Gasteiger partial charge in [-0.3, -0.25) is 9.67 Å². The number of aryl methyl sites for hydroxylation is 2. The summed E-state index contributed by atoms with van der Waals surface area (Å²) in [4.78, 5) is 4.60. The molecule has 0 aliphatic carbocycles. The van der Waals surface area contributed by atoms with Crippen LogP contribution in [-0.4, -0.2) is 21.3 Å². The maximum atomic E-state index is 4.60. The van der Waals surface area contributed by atoms with Crippen molar-refractivity contribution < 1.29 is 0 Å². The molecule has 1 unspecified atom stereocenters. The zero-order chi connectivity index (χ0) is 13.7. The van der Waals surface area contributed by atoms with Crippen LogP contribution in [0.5, 0.6) is 0 Å². The van der Waals surface area contributed by atoms with E-state index in [9.17, 15) is 0 Å². The molecule has 2 rings (SSSR count). The first-order valence-corrected chi connectivity index (χ1v) is 6.93. The number of hydrogen-bond donors (Lipinski definition) is 1. The molecule has 2 heterocycles. The Morgan fingerprint density at radius 2 is 2.11 bits per heavy atom. The average molecular weight is 258 g/mol. The van der Waals surface area contributed by atoms with Crippen molar-refractivity contribution in [3.05, 3.63) is 47.5 Å². The van der Waals surface area contributed by atoms with E-state index in [2.05, 4.69) is 41.4 Å². The maximum Gasteiger partial charge on any atom is 0.0924 e. The van der Waals surface area contributed by atoms with Crippen molar-refractivity contribution in [2.75, 3.05) is 6.54 Å². The summed E-state index contributed by atoms with van der Waals surface area (Å²) in [6, 6.07) is 6.33. The summed E-state index contributed by atoms with van der Waals surface area (Å²) in [5, 5.41) is 7.86. The Kier molecular flexibility index (Phi) is 4.68. The minimum absolute atomic E-state index is 0.114. The van der Waals surface area contributed by atoms with Gasteiger partial charge in [0.05, 0.1) is 17.4 Å². The van der Waals surface area contributed by atoms with E-state index in [0.717, 1.165) is 30.8 Å². The second-order valence-corrected chi connectivity index (χ2v) is 4.67. The smallest absolute Gasteiger partial charge is 0.0924 e. The summed E-state index contributed by atoms with van der Waals surface area (Å²) in [5.74, 6) is 0. The maximum absolute atomic E-state index is 4.60. The van der Waals surface area contributed by atoms with Gasteiger partial charge in [-0.05, 0) is 37.1 Å². The Hall–Kier alpha value is -1.68. The molecule has 1 N–H and O–H groups in total. The lowest BCUT2D eigenvalue weighted by Crippen LogP contribution is -2.27. The summed E-state index contributed by atoms with van der Waals surface area (Å²) < 4.78 is 1.92. The van der Waals surface area contributed by atoms with E-state index in [-0.39, 0.29) is 6.04 Å². The van der Waals surface area contributed by atoms with Gasteiger partial charge >= 0.3 is 0 Å². The summed E-state index contributed by atoms with van der Waals surface area (Å²) in [6.45, 7) is 5.31. The number of nitrogens with zero attached hydrogens (tertiary/aromatic N) is 3. The number of rotatable bonds is 6. The van der Waals surface area contributed by atoms with Gasteiger partial charge in [-0.25, -0.2) is 0 Å². The van der Waals surface area contributed by atoms with Gasteiger partial charge in [0.15, 0.2) is 0 Å². The molecule has 0 fully saturated rings. The Bertz CT molecular complexity index is 518. The fourth-order valence-corrected chi connectivity index (χ4v) is 2.31. The van der Waals surface area contributed by atoms with Crippen molar-refractivity contribution in [1.82, 2.24) is 20.1 Å². The molecule has 1 atom stereocenters. The van der Waals surface area contributed by atoms with Crippen molar-refractivity contribution in [3.8, 4) is 0 Å². The van der Waals surface area contributed by atoms with E-state index in [0.29, 0.717) is 0 Å². The monoisotopic (exact) mass is 258 g/mol. The summed E-state index contributed by atoms with van der Waals surface area (Å²) in [5.41, 5.74) is 3.56. The first-order valence-electron chi connectivity index (χ1n) is 6.93. The molecular formula is C15H22N4. The van der Waals surface area contributed by atoms with Gasteiger partial charge in [-0.2, -0.15) is 5.10 Å². The molecule has 0 saturated heterocycles. The van der Waals surface area contributed by atoms with Crippen LogP contribution < -0.4 is 5.32 Å². The third-order valence-electron chi connectivity index (χ3n) is 3.33. The Labute approximate surface area is 114 Å². The van der Waals surface area contributed by atoms with Crippen LogP contribution in [0.3, 0.4) is 0 Å². The standard InChI is InChI=1S/C15H22N4/c1-4-9-16-15(13-8-11-18-19(13)3)14-12(5-2)7-6-10-17-14/h6-8,10-11,15-16H,4-5,9H2,1-3H3. The Morgan fingerprint density at radius 1 is 1.26 bits per heavy atom. The molecule has 0 radical (unpaired) electrons. The van der Waals surface area contributed by atoms with Crippen molar-refractivity contribution >= 4 is 0 Å². The number of nitrogens with one attached hydrogen (secondary N) is 1. The number of hydrogen-bond acceptors (Lipinski definition) is 3. The molecule has 0 aromatic carbocycles. The normalized spacial score (nSPS) is 12.6. The van der Waals surface area contributed by atoms with Crippen LogP contribution in [-0.2, 0) is 13.5 Å². The van der Waals surface area contributed by atoms with E-state index in [4.69, 9.17) is 0 Å². The highest BCUT2D eigenvalue weighted by molar-refractivity contribution is 5.29. The van der Waals surface area contributed by atoms with Crippen molar-refractivity contribution in [1.29, 1.82) is 0 Å². The molecule has 19 heavy (non-hydrogen) atoms. The van der Waals surface area contributed by atoms with Crippen LogP contribution >= 0.6 is 0 Å². The van der Waals surface area contributed by atoms with Crippen LogP contribution in [0.25, 0.3) is 0 Å². The number of pyridine rings is 1. The minimum Gasteiger partial charge on any atom is -0.304 e. The third kappa shape index (κ3) is 3.01. The molecular weight excluding hydrogens is 236 g/mol. The lowest BCUT2D eigenvalue weighted by Gasteiger charge is -2.20. The average Bonchev–Trinajstić information content (AvgIpc) is 2.86. The van der Waals surface area contributed by atoms with Crippen molar-refractivity contribution in [3.63, 3.8) is 0 Å². The second-order valence-electron chi connectivity index (χ2n) is 4.67. The van der Waals surface area contributed by atoms with Gasteiger partial charge in [0, 0.05) is 19.4 Å². The molecule has 2 aromatic rings. The summed E-state index contributed by atoms with van der Waals surface area (Å²) in [7, 11) is 1.98. The van der Waals surface area contributed by atoms with E-state index in [1.54, 1.807) is 0 Å². The molecule has 0 spiro atoms. The molecule has 0 bridgehead atoms. The quantitative estimate of drug-likeness (QED) is 0.865. The largest absolute Gasteiger partial charge is 0.304 e. The first kappa shape index (κ1) is 13.7. The highest BCUT2D eigenvalue weighted by Gasteiger charge is 2.20. The van der Waals surface area contributed by atoms with Crippen molar-refractivity contribution in [2.24, 2.45) is 7.05 Å². The lowest BCUT2D eigenvalue weighted by molar-refractivity contribution is 0.540. The molecule has 4 heteroatoms. The number of aromatic nitrogens is 3. The van der Waals surface area contributed by atoms with Crippen molar-refractivity contribution in [2.45, 2.75) is 32.7 Å². The molecule has 0 amide bonds. The molecule has 2 aromatic heterocycles. The van der Waals surface area contributed by atoms with E-state index in [1.807, 2.05) is 30.2 Å². The third-order valence-corrected chi connectivity index (χ3v) is 3.33. The highest BCUT2D eigenvalue weighted by atomic mass is 15.3. The van der Waals surface area contributed by atoms with Gasteiger partial charge in [-0.15, -0.1) is 0 Å². The van der Waals surface area contributed by atoms with Gasteiger partial charge in [0.25, 0.3) is 0 Å². The fraction of sp³-hybridized carbons (Fsp3) is 0.467. The Morgan fingerprint density at radius 3 is 2.74 bits per heavy atom. The van der Waals surface area contributed by atoms with Gasteiger partial charge in [0.2, 0.25) is 0 Å². The van der Waals surface area contributed by atoms with Gasteiger partial charge < -0.3 is 5.32 Å². The van der Waals surface area contributed by atoms with Crippen LogP contribution in [0.4, 0.5) is 0 Å². The minimum atomic E-state index is 0.114. The van der Waals surface area contributed by atoms with Gasteiger partial charge in [0.1, 0.15) is 0 Å². The predicted octanol–water partition coefficient (Wildman–Crippen LogP) is 2.47. The van der Waals surface area contributed by atoms with Crippen LogP contribution in [0, 0.1) is 0 Å². The SMILES string of the molecule is CCCNC(c1ncccc1CC)c1ccnn1C.